The quantitative estimate of drug-likeness (QED) is 0.815. The van der Waals surface area contributed by atoms with Crippen LogP contribution >= 0.6 is 11.8 Å². The summed E-state index contributed by atoms with van der Waals surface area (Å²) in [6.07, 6.45) is 0. The van der Waals surface area contributed by atoms with Gasteiger partial charge >= 0.3 is 12.0 Å². The van der Waals surface area contributed by atoms with E-state index in [0.29, 0.717) is 16.3 Å². The maximum Gasteiger partial charge on any atom is 0.335 e. The zero-order valence-electron chi connectivity index (χ0n) is 11.4. The summed E-state index contributed by atoms with van der Waals surface area (Å²) in [5, 5.41) is 18.8. The first-order chi connectivity index (χ1) is 9.95. The van der Waals surface area contributed by atoms with Crippen molar-refractivity contribution in [3.05, 3.63) is 35.2 Å². The summed E-state index contributed by atoms with van der Waals surface area (Å²) in [5.74, 6) is -0.812. The number of aromatic carboxylic acids is 1. The van der Waals surface area contributed by atoms with Gasteiger partial charge in [0.1, 0.15) is 0 Å². The Morgan fingerprint density at radius 2 is 2.10 bits per heavy atom. The highest BCUT2D eigenvalue weighted by Crippen LogP contribution is 2.21. The van der Waals surface area contributed by atoms with Crippen LogP contribution in [0.15, 0.2) is 27.5 Å². The SMILES string of the molecule is Cc1nnc(NC(=O)CSc2ccc(C)c(C(=O)O)c2)o1. The maximum atomic E-state index is 11.7. The van der Waals surface area contributed by atoms with Gasteiger partial charge in [0, 0.05) is 11.8 Å². The molecule has 2 N–H and O–H groups in total. The van der Waals surface area contributed by atoms with E-state index >= 15 is 0 Å². The topological polar surface area (TPSA) is 105 Å². The van der Waals surface area contributed by atoms with Crippen LogP contribution in [0.4, 0.5) is 6.01 Å². The van der Waals surface area contributed by atoms with E-state index in [9.17, 15) is 9.59 Å². The monoisotopic (exact) mass is 307 g/mol. The standard InChI is InChI=1S/C13H13N3O4S/c1-7-3-4-9(5-10(7)12(18)19)21-6-11(17)14-13-16-15-8(2)20-13/h3-5H,6H2,1-2H3,(H,18,19)(H,14,16,17). The molecule has 0 saturated heterocycles. The van der Waals surface area contributed by atoms with E-state index in [1.807, 2.05) is 0 Å². The van der Waals surface area contributed by atoms with Crippen LogP contribution in [0.5, 0.6) is 0 Å². The van der Waals surface area contributed by atoms with Gasteiger partial charge in [-0.1, -0.05) is 11.2 Å². The van der Waals surface area contributed by atoms with Crippen LogP contribution in [0.3, 0.4) is 0 Å². The number of carboxylic acids is 1. The van der Waals surface area contributed by atoms with E-state index in [1.54, 1.807) is 32.0 Å². The van der Waals surface area contributed by atoms with Crippen LogP contribution in [0, 0.1) is 13.8 Å². The molecule has 0 aliphatic carbocycles. The molecule has 0 aliphatic rings. The summed E-state index contributed by atoms with van der Waals surface area (Å²) in [6.45, 7) is 3.35. The number of thioether (sulfide) groups is 1. The van der Waals surface area contributed by atoms with Crippen LogP contribution in [0.2, 0.25) is 0 Å². The average Bonchev–Trinajstić information content (AvgIpc) is 2.82. The Hall–Kier alpha value is -2.35. The molecule has 0 saturated carbocycles. The lowest BCUT2D eigenvalue weighted by Crippen LogP contribution is -2.14. The van der Waals surface area contributed by atoms with Gasteiger partial charge in [0.15, 0.2) is 0 Å². The molecule has 110 valence electrons. The highest BCUT2D eigenvalue weighted by molar-refractivity contribution is 8.00. The normalized spacial score (nSPS) is 10.4. The minimum absolute atomic E-state index is 0.0493. The number of carboxylic acid groups (broad SMARTS) is 1. The van der Waals surface area contributed by atoms with E-state index < -0.39 is 5.97 Å². The number of amides is 1. The fourth-order valence-electron chi connectivity index (χ4n) is 1.57. The zero-order chi connectivity index (χ0) is 15.4. The van der Waals surface area contributed by atoms with Crippen molar-refractivity contribution in [2.24, 2.45) is 0 Å². The minimum Gasteiger partial charge on any atom is -0.478 e. The molecule has 1 aromatic carbocycles. The molecule has 8 heteroatoms. The number of hydrogen-bond acceptors (Lipinski definition) is 6. The average molecular weight is 307 g/mol. The van der Waals surface area contributed by atoms with Gasteiger partial charge in [0.25, 0.3) is 0 Å². The summed E-state index contributed by atoms with van der Waals surface area (Å²) >= 11 is 1.23. The van der Waals surface area contributed by atoms with Crippen molar-refractivity contribution >= 4 is 29.7 Å². The Labute approximate surface area is 124 Å². The molecule has 1 amide bonds. The third-order valence-corrected chi connectivity index (χ3v) is 3.58. The predicted octanol–water partition coefficient (Wildman–Crippen LogP) is 2.12. The fraction of sp³-hybridized carbons (Fsp3) is 0.231. The summed E-state index contributed by atoms with van der Waals surface area (Å²) < 4.78 is 5.03. The number of rotatable bonds is 5. The molecule has 0 aliphatic heterocycles. The molecular weight excluding hydrogens is 294 g/mol. The number of nitrogens with zero attached hydrogens (tertiary/aromatic N) is 2. The van der Waals surface area contributed by atoms with E-state index in [4.69, 9.17) is 9.52 Å². The Morgan fingerprint density at radius 1 is 1.33 bits per heavy atom. The van der Waals surface area contributed by atoms with Gasteiger partial charge in [-0.2, -0.15) is 0 Å². The van der Waals surface area contributed by atoms with Crippen molar-refractivity contribution in [1.29, 1.82) is 0 Å². The molecule has 0 bridgehead atoms. The van der Waals surface area contributed by atoms with Crippen LogP contribution < -0.4 is 5.32 Å². The van der Waals surface area contributed by atoms with E-state index in [0.717, 1.165) is 0 Å². The number of carbonyl (C=O) groups excluding carboxylic acids is 1. The summed E-state index contributed by atoms with van der Waals surface area (Å²) in [7, 11) is 0. The van der Waals surface area contributed by atoms with Crippen LogP contribution in [0.1, 0.15) is 21.8 Å². The molecule has 21 heavy (non-hydrogen) atoms. The number of aryl methyl sites for hydroxylation is 2. The molecule has 7 nitrogen and oxygen atoms in total. The lowest BCUT2D eigenvalue weighted by Gasteiger charge is -2.05. The first-order valence-corrected chi connectivity index (χ1v) is 7.01. The van der Waals surface area contributed by atoms with Gasteiger partial charge in [-0.25, -0.2) is 4.79 Å². The highest BCUT2D eigenvalue weighted by Gasteiger charge is 2.11. The number of carbonyl (C=O) groups is 2. The Bertz CT molecular complexity index is 684. The molecule has 2 aromatic rings. The van der Waals surface area contributed by atoms with Gasteiger partial charge in [-0.15, -0.1) is 16.9 Å². The summed E-state index contributed by atoms with van der Waals surface area (Å²) in [5.41, 5.74) is 0.908. The van der Waals surface area contributed by atoms with Crippen molar-refractivity contribution in [2.75, 3.05) is 11.1 Å². The summed E-state index contributed by atoms with van der Waals surface area (Å²) in [4.78, 5) is 23.4. The molecule has 0 atom stereocenters. The second-order valence-corrected chi connectivity index (χ2v) is 5.29. The molecule has 0 fully saturated rings. The molecule has 0 spiro atoms. The first-order valence-electron chi connectivity index (χ1n) is 6.02. The zero-order valence-corrected chi connectivity index (χ0v) is 12.2. The highest BCUT2D eigenvalue weighted by atomic mass is 32.2. The Balaban J connectivity index is 1.95. The van der Waals surface area contributed by atoms with Gasteiger partial charge in [-0.05, 0) is 24.6 Å². The van der Waals surface area contributed by atoms with Crippen LogP contribution in [0.25, 0.3) is 0 Å². The summed E-state index contributed by atoms with van der Waals surface area (Å²) in [6, 6.07) is 5.09. The smallest absolute Gasteiger partial charge is 0.335 e. The molecule has 1 heterocycles. The minimum atomic E-state index is -0.985. The van der Waals surface area contributed by atoms with Crippen molar-refractivity contribution in [2.45, 2.75) is 18.7 Å². The third-order valence-electron chi connectivity index (χ3n) is 2.58. The first kappa shape index (κ1) is 15.0. The second kappa shape index (κ2) is 6.40. The lowest BCUT2D eigenvalue weighted by molar-refractivity contribution is -0.113. The largest absolute Gasteiger partial charge is 0.478 e. The molecular formula is C13H13N3O4S. The fourth-order valence-corrected chi connectivity index (χ4v) is 2.31. The van der Waals surface area contributed by atoms with Crippen LogP contribution in [-0.2, 0) is 4.79 Å². The number of nitrogens with one attached hydrogen (secondary N) is 1. The maximum absolute atomic E-state index is 11.7. The van der Waals surface area contributed by atoms with Crippen molar-refractivity contribution < 1.29 is 19.1 Å². The number of anilines is 1. The molecule has 0 radical (unpaired) electrons. The Morgan fingerprint density at radius 3 is 2.71 bits per heavy atom. The lowest BCUT2D eigenvalue weighted by atomic mass is 10.1. The predicted molar refractivity (Wildman–Crippen MR) is 76.5 cm³/mol. The number of hydrogen-bond donors (Lipinski definition) is 2. The number of benzene rings is 1. The van der Waals surface area contributed by atoms with E-state index in [1.165, 1.54) is 11.8 Å². The molecule has 2 rings (SSSR count). The van der Waals surface area contributed by atoms with Crippen molar-refractivity contribution in [3.8, 4) is 0 Å². The van der Waals surface area contributed by atoms with Crippen molar-refractivity contribution in [3.63, 3.8) is 0 Å². The van der Waals surface area contributed by atoms with E-state index in [2.05, 4.69) is 15.5 Å². The van der Waals surface area contributed by atoms with Gasteiger partial charge in [-0.3, -0.25) is 10.1 Å². The Kier molecular flexibility index (Phi) is 4.59. The second-order valence-electron chi connectivity index (χ2n) is 4.24. The molecule has 1 aromatic heterocycles. The number of aromatic nitrogens is 2. The molecule has 0 unspecified atom stereocenters. The van der Waals surface area contributed by atoms with Gasteiger partial charge < -0.3 is 9.52 Å². The van der Waals surface area contributed by atoms with Crippen molar-refractivity contribution in [1.82, 2.24) is 10.2 Å². The van der Waals surface area contributed by atoms with Crippen LogP contribution in [-0.4, -0.2) is 32.9 Å². The van der Waals surface area contributed by atoms with Gasteiger partial charge in [0.2, 0.25) is 11.8 Å². The van der Waals surface area contributed by atoms with E-state index in [-0.39, 0.29) is 23.2 Å². The third kappa shape index (κ3) is 4.06. The van der Waals surface area contributed by atoms with Gasteiger partial charge in [0.05, 0.1) is 11.3 Å².